The predicted octanol–water partition coefficient (Wildman–Crippen LogP) is 2.46. The molecule has 0 aromatic heterocycles. The van der Waals surface area contributed by atoms with Gasteiger partial charge in [-0.25, -0.2) is 0 Å². The highest BCUT2D eigenvalue weighted by molar-refractivity contribution is 5.84. The molecule has 2 unspecified atom stereocenters. The minimum atomic E-state index is -0.0333. The number of hydrogen-bond acceptors (Lipinski definition) is 2. The largest absolute Gasteiger partial charge is 0.299 e. The van der Waals surface area contributed by atoms with Gasteiger partial charge in [0.25, 0.3) is 0 Å². The van der Waals surface area contributed by atoms with Crippen LogP contribution in [0.1, 0.15) is 32.6 Å². The molecule has 0 aromatic carbocycles. The van der Waals surface area contributed by atoms with E-state index in [2.05, 4.69) is 19.1 Å². The van der Waals surface area contributed by atoms with Gasteiger partial charge in [-0.3, -0.25) is 4.79 Å². The zero-order valence-corrected chi connectivity index (χ0v) is 7.99. The first-order chi connectivity index (χ1) is 6.29. The number of carbonyl (C=O) groups is 1. The van der Waals surface area contributed by atoms with Crippen molar-refractivity contribution >= 4 is 5.78 Å². The molecule has 0 spiro atoms. The number of allylic oxidation sites excluding steroid dienone is 2. The quantitative estimate of drug-likeness (QED) is 0.621. The van der Waals surface area contributed by atoms with E-state index >= 15 is 0 Å². The molecule has 2 heteroatoms. The first-order valence-corrected chi connectivity index (χ1v) is 4.87. The third-order valence-electron chi connectivity index (χ3n) is 2.56. The van der Waals surface area contributed by atoms with Crippen LogP contribution in [0.15, 0.2) is 12.2 Å². The molecule has 0 saturated heterocycles. The number of rotatable bonds is 3. The minimum Gasteiger partial charge on any atom is -0.299 e. The summed E-state index contributed by atoms with van der Waals surface area (Å²) in [5.74, 6) is 0.217. The van der Waals surface area contributed by atoms with Crippen LogP contribution in [0.3, 0.4) is 0 Å². The third kappa shape index (κ3) is 2.42. The van der Waals surface area contributed by atoms with Gasteiger partial charge in [0.2, 0.25) is 0 Å². The Labute approximate surface area is 79.2 Å². The van der Waals surface area contributed by atoms with Crippen LogP contribution in [0, 0.1) is 23.2 Å². The molecule has 1 saturated carbocycles. The standard InChI is InChI=1S/C11H15NO/c1-2-3-4-5-10-9(8-12)6-7-11(10)13/h3-4,9-10H,2,5-7H2,1H3/b4-3-. The fourth-order valence-electron chi connectivity index (χ4n) is 1.77. The molecule has 0 amide bonds. The summed E-state index contributed by atoms with van der Waals surface area (Å²) >= 11 is 0. The van der Waals surface area contributed by atoms with Gasteiger partial charge in [-0.1, -0.05) is 19.1 Å². The second-order valence-electron chi connectivity index (χ2n) is 3.46. The van der Waals surface area contributed by atoms with E-state index < -0.39 is 0 Å². The predicted molar refractivity (Wildman–Crippen MR) is 50.9 cm³/mol. The molecule has 0 aliphatic heterocycles. The van der Waals surface area contributed by atoms with Gasteiger partial charge in [0.15, 0.2) is 0 Å². The van der Waals surface area contributed by atoms with E-state index in [1.165, 1.54) is 0 Å². The third-order valence-corrected chi connectivity index (χ3v) is 2.56. The van der Waals surface area contributed by atoms with E-state index in [0.29, 0.717) is 6.42 Å². The van der Waals surface area contributed by atoms with Crippen LogP contribution in [0.25, 0.3) is 0 Å². The molecule has 1 rings (SSSR count). The lowest BCUT2D eigenvalue weighted by molar-refractivity contribution is -0.120. The molecule has 13 heavy (non-hydrogen) atoms. The van der Waals surface area contributed by atoms with Gasteiger partial charge in [0, 0.05) is 12.3 Å². The number of nitrogens with zero attached hydrogens (tertiary/aromatic N) is 1. The van der Waals surface area contributed by atoms with Crippen molar-refractivity contribution in [2.45, 2.75) is 32.6 Å². The monoisotopic (exact) mass is 177 g/mol. The first-order valence-electron chi connectivity index (χ1n) is 4.87. The Hall–Kier alpha value is -1.10. The van der Waals surface area contributed by atoms with Crippen LogP contribution in [0.4, 0.5) is 0 Å². The molecule has 0 heterocycles. The maximum absolute atomic E-state index is 11.4. The zero-order chi connectivity index (χ0) is 9.68. The van der Waals surface area contributed by atoms with Gasteiger partial charge >= 0.3 is 0 Å². The van der Waals surface area contributed by atoms with E-state index in [4.69, 9.17) is 5.26 Å². The van der Waals surface area contributed by atoms with Crippen LogP contribution in [-0.2, 0) is 4.79 Å². The summed E-state index contributed by atoms with van der Waals surface area (Å²) in [7, 11) is 0. The number of Topliss-reactive ketones (excluding diaryl/α,β-unsaturated/α-hetero) is 1. The van der Waals surface area contributed by atoms with Crippen molar-refractivity contribution in [1.29, 1.82) is 5.26 Å². The highest BCUT2D eigenvalue weighted by Crippen LogP contribution is 2.30. The van der Waals surface area contributed by atoms with E-state index in [1.807, 2.05) is 6.08 Å². The average molecular weight is 177 g/mol. The molecule has 0 radical (unpaired) electrons. The van der Waals surface area contributed by atoms with Gasteiger partial charge < -0.3 is 0 Å². The highest BCUT2D eigenvalue weighted by atomic mass is 16.1. The van der Waals surface area contributed by atoms with Crippen LogP contribution in [0.2, 0.25) is 0 Å². The van der Waals surface area contributed by atoms with E-state index in [1.54, 1.807) is 0 Å². The summed E-state index contributed by atoms with van der Waals surface area (Å²) in [6.07, 6.45) is 7.20. The first kappa shape index (κ1) is 9.98. The Morgan fingerprint density at radius 2 is 2.38 bits per heavy atom. The van der Waals surface area contributed by atoms with E-state index in [-0.39, 0.29) is 17.6 Å². The molecule has 0 N–H and O–H groups in total. The normalized spacial score (nSPS) is 28.2. The molecule has 0 bridgehead atoms. The lowest BCUT2D eigenvalue weighted by atomic mass is 9.93. The maximum atomic E-state index is 11.4. The Kier molecular flexibility index (Phi) is 3.70. The van der Waals surface area contributed by atoms with Crippen LogP contribution in [0.5, 0.6) is 0 Å². The summed E-state index contributed by atoms with van der Waals surface area (Å²) in [5, 5.41) is 8.78. The topological polar surface area (TPSA) is 40.9 Å². The van der Waals surface area contributed by atoms with E-state index in [9.17, 15) is 4.79 Å². The number of carbonyl (C=O) groups excluding carboxylic acids is 1. The lowest BCUT2D eigenvalue weighted by Crippen LogP contribution is -2.12. The Morgan fingerprint density at radius 1 is 1.62 bits per heavy atom. The fourth-order valence-corrected chi connectivity index (χ4v) is 1.77. The van der Waals surface area contributed by atoms with Crippen LogP contribution < -0.4 is 0 Å². The molecular formula is C11H15NO. The summed E-state index contributed by atoms with van der Waals surface area (Å²) in [5.41, 5.74) is 0. The number of ketones is 1. The fraction of sp³-hybridized carbons (Fsp3) is 0.636. The van der Waals surface area contributed by atoms with Crippen molar-refractivity contribution in [2.75, 3.05) is 0 Å². The molecule has 1 fully saturated rings. The van der Waals surface area contributed by atoms with Crippen molar-refractivity contribution in [3.8, 4) is 6.07 Å². The van der Waals surface area contributed by atoms with Gasteiger partial charge in [-0.15, -0.1) is 0 Å². The van der Waals surface area contributed by atoms with Crippen molar-refractivity contribution in [3.63, 3.8) is 0 Å². The molecule has 70 valence electrons. The Morgan fingerprint density at radius 3 is 3.00 bits per heavy atom. The molecule has 2 nitrogen and oxygen atoms in total. The van der Waals surface area contributed by atoms with Crippen LogP contribution in [-0.4, -0.2) is 5.78 Å². The van der Waals surface area contributed by atoms with Crippen LogP contribution >= 0.6 is 0 Å². The smallest absolute Gasteiger partial charge is 0.137 e. The number of hydrogen-bond donors (Lipinski definition) is 0. The Bertz CT molecular complexity index is 249. The van der Waals surface area contributed by atoms with Crippen molar-refractivity contribution in [1.82, 2.24) is 0 Å². The highest BCUT2D eigenvalue weighted by Gasteiger charge is 2.33. The lowest BCUT2D eigenvalue weighted by Gasteiger charge is -2.07. The Balaban J connectivity index is 2.51. The summed E-state index contributed by atoms with van der Waals surface area (Å²) in [4.78, 5) is 11.4. The second-order valence-corrected chi connectivity index (χ2v) is 3.46. The number of nitriles is 1. The van der Waals surface area contributed by atoms with Crippen molar-refractivity contribution in [3.05, 3.63) is 12.2 Å². The van der Waals surface area contributed by atoms with Gasteiger partial charge in [0.05, 0.1) is 12.0 Å². The molecule has 1 aliphatic rings. The molecule has 1 aliphatic carbocycles. The van der Waals surface area contributed by atoms with Crippen molar-refractivity contribution in [2.24, 2.45) is 11.8 Å². The maximum Gasteiger partial charge on any atom is 0.137 e. The summed E-state index contributed by atoms with van der Waals surface area (Å²) in [6.45, 7) is 2.06. The second kappa shape index (κ2) is 4.81. The van der Waals surface area contributed by atoms with Gasteiger partial charge in [-0.05, 0) is 19.3 Å². The SMILES string of the molecule is CC/C=C\CC1C(=O)CCC1C#N. The molecular weight excluding hydrogens is 162 g/mol. The van der Waals surface area contributed by atoms with Gasteiger partial charge in [0.1, 0.15) is 5.78 Å². The summed E-state index contributed by atoms with van der Waals surface area (Å²) < 4.78 is 0. The molecule has 2 atom stereocenters. The van der Waals surface area contributed by atoms with Crippen molar-refractivity contribution < 1.29 is 4.79 Å². The average Bonchev–Trinajstić information content (AvgIpc) is 2.48. The minimum absolute atomic E-state index is 0.0206. The zero-order valence-electron chi connectivity index (χ0n) is 7.99. The van der Waals surface area contributed by atoms with E-state index in [0.717, 1.165) is 19.3 Å². The summed E-state index contributed by atoms with van der Waals surface area (Å²) in [6, 6.07) is 2.22. The molecule has 0 aromatic rings. The van der Waals surface area contributed by atoms with Gasteiger partial charge in [-0.2, -0.15) is 5.26 Å².